The average molecular weight is 242 g/mol. The Morgan fingerprint density at radius 1 is 1.53 bits per heavy atom. The van der Waals surface area contributed by atoms with Gasteiger partial charge in [0.2, 0.25) is 5.88 Å². The predicted octanol–water partition coefficient (Wildman–Crippen LogP) is -0.461. The van der Waals surface area contributed by atoms with Crippen LogP contribution in [0.25, 0.3) is 0 Å². The highest BCUT2D eigenvalue weighted by Crippen LogP contribution is 2.16. The summed E-state index contributed by atoms with van der Waals surface area (Å²) in [5, 5.41) is 9.80. The lowest BCUT2D eigenvalue weighted by Crippen LogP contribution is -2.36. The van der Waals surface area contributed by atoms with Gasteiger partial charge >= 0.3 is 11.7 Å². The minimum atomic E-state index is -1.00. The molecule has 0 radical (unpaired) electrons. The van der Waals surface area contributed by atoms with Crippen LogP contribution >= 0.6 is 0 Å². The van der Waals surface area contributed by atoms with E-state index >= 15 is 0 Å². The molecule has 1 heterocycles. The number of rotatable bonds is 3. The third-order valence-corrected chi connectivity index (χ3v) is 2.49. The third-order valence-electron chi connectivity index (χ3n) is 2.49. The normalized spacial score (nSPS) is 12.2. The zero-order chi connectivity index (χ0) is 13.2. The summed E-state index contributed by atoms with van der Waals surface area (Å²) >= 11 is 0. The van der Waals surface area contributed by atoms with E-state index in [0.717, 1.165) is 4.57 Å². The number of aromatic hydroxyl groups is 1. The van der Waals surface area contributed by atoms with Gasteiger partial charge in [-0.05, 0) is 13.3 Å². The summed E-state index contributed by atoms with van der Waals surface area (Å²) in [6.45, 7) is 3.05. The van der Waals surface area contributed by atoms with Crippen LogP contribution in [0.1, 0.15) is 25.5 Å². The highest BCUT2D eigenvalue weighted by Gasteiger charge is 2.22. The smallest absolute Gasteiger partial charge is 0.331 e. The van der Waals surface area contributed by atoms with E-state index in [1.165, 1.54) is 14.0 Å². The van der Waals surface area contributed by atoms with Gasteiger partial charge in [-0.15, -0.1) is 0 Å². The van der Waals surface area contributed by atoms with Crippen molar-refractivity contribution in [1.29, 1.82) is 0 Å². The Labute approximate surface area is 96.7 Å². The van der Waals surface area contributed by atoms with Crippen molar-refractivity contribution >= 4 is 5.97 Å². The first kappa shape index (κ1) is 13.0. The largest absolute Gasteiger partial charge is 0.494 e. The molecule has 0 amide bonds. The zero-order valence-corrected chi connectivity index (χ0v) is 9.81. The Morgan fingerprint density at radius 3 is 2.59 bits per heavy atom. The number of esters is 1. The Hall–Kier alpha value is -2.05. The maximum absolute atomic E-state index is 11.5. The second kappa shape index (κ2) is 4.86. The number of hydrogen-bond donors (Lipinski definition) is 2. The number of nitrogens with zero attached hydrogens (tertiary/aromatic N) is 1. The second-order valence-corrected chi connectivity index (χ2v) is 3.48. The number of carbonyl (C=O) groups excluding carboxylic acids is 1. The number of methoxy groups -OCH3 is 1. The molecule has 17 heavy (non-hydrogen) atoms. The molecule has 2 N–H and O–H groups in total. The van der Waals surface area contributed by atoms with Crippen LogP contribution in [0.2, 0.25) is 0 Å². The van der Waals surface area contributed by atoms with Gasteiger partial charge in [-0.1, -0.05) is 6.92 Å². The highest BCUT2D eigenvalue weighted by atomic mass is 16.5. The molecule has 0 fully saturated rings. The third kappa shape index (κ3) is 2.22. The van der Waals surface area contributed by atoms with E-state index in [9.17, 15) is 19.5 Å². The maximum Gasteiger partial charge on any atom is 0.331 e. The minimum absolute atomic E-state index is 0.0559. The molecule has 0 aliphatic heterocycles. The fourth-order valence-electron chi connectivity index (χ4n) is 1.53. The molecular formula is C10H14N2O5. The number of aromatic amines is 1. The van der Waals surface area contributed by atoms with E-state index in [2.05, 4.69) is 4.74 Å². The average Bonchev–Trinajstić information content (AvgIpc) is 2.27. The van der Waals surface area contributed by atoms with Crippen molar-refractivity contribution in [2.75, 3.05) is 7.11 Å². The molecular weight excluding hydrogens is 228 g/mol. The van der Waals surface area contributed by atoms with E-state index < -0.39 is 29.1 Å². The van der Waals surface area contributed by atoms with Crippen LogP contribution in [0.5, 0.6) is 5.88 Å². The van der Waals surface area contributed by atoms with E-state index in [1.807, 2.05) is 4.98 Å². The Bertz CT molecular complexity index is 543. The molecule has 0 aliphatic carbocycles. The van der Waals surface area contributed by atoms with Crippen molar-refractivity contribution in [3.63, 3.8) is 0 Å². The van der Waals surface area contributed by atoms with Gasteiger partial charge in [-0.2, -0.15) is 0 Å². The maximum atomic E-state index is 11.5. The Morgan fingerprint density at radius 2 is 2.12 bits per heavy atom. The van der Waals surface area contributed by atoms with Crippen LogP contribution in [0, 0.1) is 0 Å². The quantitative estimate of drug-likeness (QED) is 0.698. The molecule has 0 saturated heterocycles. The summed E-state index contributed by atoms with van der Waals surface area (Å²) in [5.74, 6) is -1.18. The van der Waals surface area contributed by atoms with Gasteiger partial charge in [0, 0.05) is 0 Å². The van der Waals surface area contributed by atoms with Crippen molar-refractivity contribution in [3.05, 3.63) is 26.4 Å². The minimum Gasteiger partial charge on any atom is -0.494 e. The van der Waals surface area contributed by atoms with Gasteiger partial charge in [0.15, 0.2) is 0 Å². The van der Waals surface area contributed by atoms with Crippen LogP contribution < -0.4 is 11.2 Å². The first-order valence-corrected chi connectivity index (χ1v) is 5.08. The molecule has 1 rings (SSSR count). The van der Waals surface area contributed by atoms with Gasteiger partial charge in [-0.3, -0.25) is 9.78 Å². The van der Waals surface area contributed by atoms with Crippen LogP contribution in [0.4, 0.5) is 0 Å². The summed E-state index contributed by atoms with van der Waals surface area (Å²) in [4.78, 5) is 36.3. The van der Waals surface area contributed by atoms with E-state index in [1.54, 1.807) is 6.92 Å². The molecule has 0 aliphatic rings. The van der Waals surface area contributed by atoms with Crippen molar-refractivity contribution in [3.8, 4) is 5.88 Å². The number of H-pyrrole nitrogens is 1. The molecule has 1 unspecified atom stereocenters. The number of nitrogens with one attached hydrogen (secondary N) is 1. The van der Waals surface area contributed by atoms with Gasteiger partial charge in [0.05, 0.1) is 12.7 Å². The van der Waals surface area contributed by atoms with Crippen LogP contribution in [0.15, 0.2) is 9.59 Å². The molecule has 0 bridgehead atoms. The number of ether oxygens (including phenoxy) is 1. The lowest BCUT2D eigenvalue weighted by Gasteiger charge is -2.15. The fourth-order valence-corrected chi connectivity index (χ4v) is 1.53. The van der Waals surface area contributed by atoms with Crippen molar-refractivity contribution < 1.29 is 14.6 Å². The van der Waals surface area contributed by atoms with Crippen molar-refractivity contribution in [2.45, 2.75) is 26.3 Å². The monoisotopic (exact) mass is 242 g/mol. The molecule has 0 saturated carbocycles. The van der Waals surface area contributed by atoms with Crippen LogP contribution in [0.3, 0.4) is 0 Å². The van der Waals surface area contributed by atoms with Gasteiger partial charge < -0.3 is 9.84 Å². The summed E-state index contributed by atoms with van der Waals surface area (Å²) in [5.41, 5.74) is -1.44. The van der Waals surface area contributed by atoms with Crippen molar-refractivity contribution in [2.24, 2.45) is 0 Å². The van der Waals surface area contributed by atoms with Crippen molar-refractivity contribution in [1.82, 2.24) is 9.55 Å². The molecule has 1 aromatic rings. The standard InChI is InChI=1S/C10H14N2O5/c1-4-6-7(13)11-10(16)12(8(6)14)5(2)9(15)17-3/h5,14H,4H2,1-3H3,(H,11,13,16). The number of hydrogen-bond acceptors (Lipinski definition) is 5. The van der Waals surface area contributed by atoms with Gasteiger partial charge in [-0.25, -0.2) is 14.2 Å². The van der Waals surface area contributed by atoms with E-state index in [4.69, 9.17) is 0 Å². The zero-order valence-electron chi connectivity index (χ0n) is 9.81. The summed E-state index contributed by atoms with van der Waals surface area (Å²) in [6, 6.07) is -1.00. The Kier molecular flexibility index (Phi) is 3.72. The molecule has 7 nitrogen and oxygen atoms in total. The Balaban J connectivity index is 3.49. The molecule has 0 aromatic carbocycles. The lowest BCUT2D eigenvalue weighted by molar-refractivity contribution is -0.144. The SMILES string of the molecule is CCc1c(O)n(C(C)C(=O)OC)c(=O)[nH]c1=O. The topological polar surface area (TPSA) is 101 Å². The molecule has 94 valence electrons. The lowest BCUT2D eigenvalue weighted by atomic mass is 10.2. The van der Waals surface area contributed by atoms with Gasteiger partial charge in [0.25, 0.3) is 5.56 Å². The summed E-state index contributed by atoms with van der Waals surface area (Å²) < 4.78 is 5.28. The van der Waals surface area contributed by atoms with E-state index in [0.29, 0.717) is 0 Å². The summed E-state index contributed by atoms with van der Waals surface area (Å²) in [6.07, 6.45) is 0.245. The highest BCUT2D eigenvalue weighted by molar-refractivity contribution is 5.73. The number of aromatic nitrogens is 2. The number of carbonyl (C=O) groups is 1. The summed E-state index contributed by atoms with van der Waals surface area (Å²) in [7, 11) is 1.17. The van der Waals surface area contributed by atoms with Gasteiger partial charge in [0.1, 0.15) is 6.04 Å². The first-order valence-electron chi connectivity index (χ1n) is 5.08. The van der Waals surface area contributed by atoms with E-state index in [-0.39, 0.29) is 12.0 Å². The first-order chi connectivity index (χ1) is 7.93. The molecule has 0 spiro atoms. The molecule has 1 atom stereocenters. The molecule has 7 heteroatoms. The van der Waals surface area contributed by atoms with Crippen LogP contribution in [-0.2, 0) is 16.0 Å². The second-order valence-electron chi connectivity index (χ2n) is 3.48. The predicted molar refractivity (Wildman–Crippen MR) is 59.1 cm³/mol. The molecule has 1 aromatic heterocycles. The van der Waals surface area contributed by atoms with Crippen LogP contribution in [-0.4, -0.2) is 27.7 Å². The fraction of sp³-hybridized carbons (Fsp3) is 0.500.